The van der Waals surface area contributed by atoms with Gasteiger partial charge in [-0.3, -0.25) is 4.79 Å². The highest BCUT2D eigenvalue weighted by molar-refractivity contribution is 7.20. The van der Waals surface area contributed by atoms with Crippen molar-refractivity contribution in [1.82, 2.24) is 0 Å². The molecule has 1 N–H and O–H groups in total. The third-order valence-electron chi connectivity index (χ3n) is 3.77. The van der Waals surface area contributed by atoms with E-state index >= 15 is 0 Å². The maximum absolute atomic E-state index is 13.0. The van der Waals surface area contributed by atoms with E-state index in [1.54, 1.807) is 6.07 Å². The van der Waals surface area contributed by atoms with E-state index in [-0.39, 0.29) is 5.69 Å². The number of hydrogen-bond donors (Lipinski definition) is 1. The summed E-state index contributed by atoms with van der Waals surface area (Å²) in [7, 11) is 0. The highest BCUT2D eigenvalue weighted by Crippen LogP contribution is 2.34. The zero-order valence-electron chi connectivity index (χ0n) is 14.0. The number of esters is 1. The van der Waals surface area contributed by atoms with Gasteiger partial charge in [-0.05, 0) is 36.6 Å². The predicted molar refractivity (Wildman–Crippen MR) is 96.8 cm³/mol. The maximum Gasteiger partial charge on any atom is 0.418 e. The van der Waals surface area contributed by atoms with Crippen LogP contribution in [-0.2, 0) is 15.7 Å². The number of para-hydroxylation sites is 1. The number of anilines is 1. The number of nitrogens with one attached hydrogen (secondary N) is 1. The van der Waals surface area contributed by atoms with Gasteiger partial charge in [0.15, 0.2) is 6.10 Å². The Kier molecular flexibility index (Phi) is 5.18. The molecule has 0 saturated heterocycles. The number of benzene rings is 2. The van der Waals surface area contributed by atoms with Crippen LogP contribution in [0.1, 0.15) is 22.2 Å². The van der Waals surface area contributed by atoms with Crippen molar-refractivity contribution in [2.45, 2.75) is 19.2 Å². The molecule has 1 amide bonds. The molecular weight excluding hydrogens is 379 g/mol. The summed E-state index contributed by atoms with van der Waals surface area (Å²) in [6, 6.07) is 13.6. The normalized spacial score (nSPS) is 12.6. The number of halogens is 3. The molecule has 0 radical (unpaired) electrons. The van der Waals surface area contributed by atoms with Crippen LogP contribution in [0.4, 0.5) is 18.9 Å². The summed E-state index contributed by atoms with van der Waals surface area (Å²) in [5.74, 6) is -1.55. The van der Waals surface area contributed by atoms with E-state index < -0.39 is 29.7 Å². The number of rotatable bonds is 4. The van der Waals surface area contributed by atoms with Gasteiger partial charge in [0.1, 0.15) is 4.88 Å². The number of amides is 1. The molecule has 1 aromatic heterocycles. The van der Waals surface area contributed by atoms with Crippen LogP contribution in [0.3, 0.4) is 0 Å². The van der Waals surface area contributed by atoms with Gasteiger partial charge >= 0.3 is 12.1 Å². The van der Waals surface area contributed by atoms with Crippen LogP contribution in [0, 0.1) is 0 Å². The van der Waals surface area contributed by atoms with Crippen molar-refractivity contribution in [3.05, 3.63) is 65.0 Å². The number of carbonyl (C=O) groups excluding carboxylic acids is 2. The van der Waals surface area contributed by atoms with Crippen molar-refractivity contribution in [1.29, 1.82) is 0 Å². The quantitative estimate of drug-likeness (QED) is 0.627. The van der Waals surface area contributed by atoms with Crippen LogP contribution in [0.15, 0.2) is 54.6 Å². The minimum atomic E-state index is -4.61. The smallest absolute Gasteiger partial charge is 0.418 e. The van der Waals surface area contributed by atoms with Gasteiger partial charge in [0.2, 0.25) is 0 Å². The van der Waals surface area contributed by atoms with Crippen molar-refractivity contribution in [3.63, 3.8) is 0 Å². The van der Waals surface area contributed by atoms with E-state index in [0.717, 1.165) is 22.2 Å². The molecule has 3 rings (SSSR count). The molecule has 0 aliphatic carbocycles. The van der Waals surface area contributed by atoms with Gasteiger partial charge in [0.05, 0.1) is 11.3 Å². The third kappa shape index (κ3) is 4.28. The number of fused-ring (bicyclic) bond motifs is 1. The van der Waals surface area contributed by atoms with Gasteiger partial charge in [-0.2, -0.15) is 13.2 Å². The number of hydrogen-bond acceptors (Lipinski definition) is 4. The fourth-order valence-electron chi connectivity index (χ4n) is 2.43. The Hall–Kier alpha value is -2.87. The molecule has 0 bridgehead atoms. The Bertz CT molecular complexity index is 964. The average molecular weight is 393 g/mol. The Labute approximate surface area is 156 Å². The minimum Gasteiger partial charge on any atom is -0.448 e. The van der Waals surface area contributed by atoms with E-state index in [2.05, 4.69) is 5.32 Å². The second kappa shape index (κ2) is 7.40. The predicted octanol–water partition coefficient (Wildman–Crippen LogP) is 5.10. The van der Waals surface area contributed by atoms with Crippen LogP contribution in [-0.4, -0.2) is 18.0 Å². The summed E-state index contributed by atoms with van der Waals surface area (Å²) in [5, 5.41) is 3.03. The second-order valence-corrected chi connectivity index (χ2v) is 6.81. The molecule has 0 spiro atoms. The maximum atomic E-state index is 13.0. The number of carbonyl (C=O) groups is 2. The highest BCUT2D eigenvalue weighted by atomic mass is 32.1. The lowest BCUT2D eigenvalue weighted by Crippen LogP contribution is -2.30. The molecule has 1 heterocycles. The lowest BCUT2D eigenvalue weighted by atomic mass is 10.1. The van der Waals surface area contributed by atoms with Crippen LogP contribution in [0.5, 0.6) is 0 Å². The molecule has 0 aliphatic heterocycles. The molecule has 3 aromatic rings. The summed E-state index contributed by atoms with van der Waals surface area (Å²) in [6.45, 7) is 1.30. The molecule has 8 heteroatoms. The standard InChI is InChI=1S/C19H14F3NO3S/c1-11(17(24)23-14-8-4-3-7-13(14)19(20,21)22)26-18(25)16-10-12-6-2-5-9-15(12)27-16/h2-11H,1H3,(H,23,24)/t11-/m1/s1. The van der Waals surface area contributed by atoms with Gasteiger partial charge in [0.25, 0.3) is 5.91 Å². The molecule has 27 heavy (non-hydrogen) atoms. The van der Waals surface area contributed by atoms with Crippen LogP contribution < -0.4 is 5.32 Å². The molecular formula is C19H14F3NO3S. The first-order valence-electron chi connectivity index (χ1n) is 7.92. The van der Waals surface area contributed by atoms with Crippen molar-refractivity contribution < 1.29 is 27.5 Å². The molecule has 1 atom stereocenters. The molecule has 0 saturated carbocycles. The van der Waals surface area contributed by atoms with Crippen molar-refractivity contribution in [2.24, 2.45) is 0 Å². The lowest BCUT2D eigenvalue weighted by molar-refractivity contribution is -0.137. The molecule has 0 fully saturated rings. The van der Waals surface area contributed by atoms with Crippen molar-refractivity contribution in [2.75, 3.05) is 5.32 Å². The van der Waals surface area contributed by atoms with Crippen molar-refractivity contribution >= 4 is 39.0 Å². The summed E-state index contributed by atoms with van der Waals surface area (Å²) in [6.07, 6.45) is -5.87. The molecule has 140 valence electrons. The Morgan fingerprint density at radius 1 is 1.07 bits per heavy atom. The van der Waals surface area contributed by atoms with E-state index in [1.165, 1.54) is 30.4 Å². The van der Waals surface area contributed by atoms with Crippen LogP contribution >= 0.6 is 11.3 Å². The number of thiophene rings is 1. The molecule has 0 unspecified atom stereocenters. The number of ether oxygens (including phenoxy) is 1. The van der Waals surface area contributed by atoms with E-state index in [0.29, 0.717) is 4.88 Å². The van der Waals surface area contributed by atoms with E-state index in [4.69, 9.17) is 4.74 Å². The van der Waals surface area contributed by atoms with Gasteiger partial charge in [-0.25, -0.2) is 4.79 Å². The summed E-state index contributed by atoms with van der Waals surface area (Å²) < 4.78 is 45.0. The lowest BCUT2D eigenvalue weighted by Gasteiger charge is -2.16. The monoisotopic (exact) mass is 393 g/mol. The van der Waals surface area contributed by atoms with Gasteiger partial charge in [0, 0.05) is 4.70 Å². The van der Waals surface area contributed by atoms with Crippen LogP contribution in [0.25, 0.3) is 10.1 Å². The summed E-state index contributed by atoms with van der Waals surface area (Å²) >= 11 is 1.21. The Morgan fingerprint density at radius 3 is 2.44 bits per heavy atom. The number of alkyl halides is 3. The topological polar surface area (TPSA) is 55.4 Å². The fraction of sp³-hybridized carbons (Fsp3) is 0.158. The molecule has 0 aliphatic rings. The molecule has 4 nitrogen and oxygen atoms in total. The Morgan fingerprint density at radius 2 is 1.74 bits per heavy atom. The van der Waals surface area contributed by atoms with Crippen LogP contribution in [0.2, 0.25) is 0 Å². The summed E-state index contributed by atoms with van der Waals surface area (Å²) in [4.78, 5) is 24.7. The Balaban J connectivity index is 1.70. The first-order chi connectivity index (χ1) is 12.8. The minimum absolute atomic E-state index is 0.312. The van der Waals surface area contributed by atoms with E-state index in [1.807, 2.05) is 24.3 Å². The summed E-state index contributed by atoms with van der Waals surface area (Å²) in [5.41, 5.74) is -1.36. The van der Waals surface area contributed by atoms with Gasteiger partial charge in [-0.1, -0.05) is 30.3 Å². The SMILES string of the molecule is C[C@@H](OC(=O)c1cc2ccccc2s1)C(=O)Nc1ccccc1C(F)(F)F. The van der Waals surface area contributed by atoms with Gasteiger partial charge < -0.3 is 10.1 Å². The zero-order chi connectivity index (χ0) is 19.6. The largest absolute Gasteiger partial charge is 0.448 e. The van der Waals surface area contributed by atoms with E-state index in [9.17, 15) is 22.8 Å². The molecule has 2 aromatic carbocycles. The first-order valence-corrected chi connectivity index (χ1v) is 8.74. The zero-order valence-corrected chi connectivity index (χ0v) is 14.9. The highest BCUT2D eigenvalue weighted by Gasteiger charge is 2.34. The second-order valence-electron chi connectivity index (χ2n) is 5.73. The average Bonchev–Trinajstić information content (AvgIpc) is 3.05. The fourth-order valence-corrected chi connectivity index (χ4v) is 3.37. The van der Waals surface area contributed by atoms with Crippen molar-refractivity contribution in [3.8, 4) is 0 Å². The third-order valence-corrected chi connectivity index (χ3v) is 4.87. The van der Waals surface area contributed by atoms with Gasteiger partial charge in [-0.15, -0.1) is 11.3 Å². The first kappa shape index (κ1) is 18.9.